The van der Waals surface area contributed by atoms with Crippen LogP contribution in [0, 0.1) is 11.3 Å². The first-order chi connectivity index (χ1) is 9.83. The van der Waals surface area contributed by atoms with Gasteiger partial charge in [-0.1, -0.05) is 18.2 Å². The molecule has 0 aromatic heterocycles. The highest BCUT2D eigenvalue weighted by Crippen LogP contribution is 2.25. The topological polar surface area (TPSA) is 51.5 Å². The molecular formula is C16H15NO3. The van der Waals surface area contributed by atoms with Gasteiger partial charge in [0, 0.05) is 0 Å². The van der Waals surface area contributed by atoms with E-state index >= 15 is 0 Å². The zero-order valence-electron chi connectivity index (χ0n) is 11.2. The molecule has 2 aromatic rings. The highest BCUT2D eigenvalue weighted by atomic mass is 16.5. The van der Waals surface area contributed by atoms with Crippen molar-refractivity contribution in [1.29, 1.82) is 5.26 Å². The second-order valence-corrected chi connectivity index (χ2v) is 3.99. The Morgan fingerprint density at radius 2 is 1.70 bits per heavy atom. The largest absolute Gasteiger partial charge is 0.493 e. The molecule has 0 unspecified atom stereocenters. The fraction of sp³-hybridized carbons (Fsp3) is 0.188. The van der Waals surface area contributed by atoms with E-state index in [1.165, 1.54) is 0 Å². The molecule has 2 rings (SSSR count). The van der Waals surface area contributed by atoms with Crippen molar-refractivity contribution in [2.45, 2.75) is 0 Å². The molecule has 0 bridgehead atoms. The number of nitriles is 1. The van der Waals surface area contributed by atoms with Gasteiger partial charge in [0.25, 0.3) is 0 Å². The summed E-state index contributed by atoms with van der Waals surface area (Å²) in [6.45, 7) is 0.796. The smallest absolute Gasteiger partial charge is 0.161 e. The molecule has 20 heavy (non-hydrogen) atoms. The van der Waals surface area contributed by atoms with Crippen molar-refractivity contribution >= 4 is 0 Å². The van der Waals surface area contributed by atoms with Crippen molar-refractivity contribution < 1.29 is 14.2 Å². The van der Waals surface area contributed by atoms with Crippen LogP contribution in [0.1, 0.15) is 5.56 Å². The quantitative estimate of drug-likeness (QED) is 0.756. The average Bonchev–Trinajstić information content (AvgIpc) is 2.52. The molecule has 0 saturated carbocycles. The normalized spacial score (nSPS) is 9.60. The maximum absolute atomic E-state index is 8.80. The molecule has 0 heterocycles. The molecule has 0 N–H and O–H groups in total. The van der Waals surface area contributed by atoms with Gasteiger partial charge in [0.2, 0.25) is 0 Å². The average molecular weight is 269 g/mol. The van der Waals surface area contributed by atoms with Crippen LogP contribution < -0.4 is 14.2 Å². The van der Waals surface area contributed by atoms with E-state index in [9.17, 15) is 0 Å². The summed E-state index contributed by atoms with van der Waals surface area (Å²) in [5.41, 5.74) is 0.577. The van der Waals surface area contributed by atoms with Crippen LogP contribution in [0.4, 0.5) is 0 Å². The van der Waals surface area contributed by atoms with Crippen molar-refractivity contribution in [1.82, 2.24) is 0 Å². The summed E-state index contributed by atoms with van der Waals surface area (Å²) in [6.07, 6.45) is 0. The third-order valence-electron chi connectivity index (χ3n) is 2.64. The summed E-state index contributed by atoms with van der Waals surface area (Å²) in [6, 6.07) is 16.5. The van der Waals surface area contributed by atoms with Gasteiger partial charge in [-0.3, -0.25) is 0 Å². The summed E-state index contributed by atoms with van der Waals surface area (Å²) < 4.78 is 16.3. The minimum Gasteiger partial charge on any atom is -0.493 e. The molecule has 4 nitrogen and oxygen atoms in total. The standard InChI is InChI=1S/C16H15NO3/c1-18-15-7-2-3-8-16(15)20-10-9-19-14-6-4-5-13(11-14)12-17/h2-8,11H,9-10H2,1H3. The number of benzene rings is 2. The minimum atomic E-state index is 0.396. The third kappa shape index (κ3) is 3.66. The van der Waals surface area contributed by atoms with Crippen molar-refractivity contribution in [3.8, 4) is 23.3 Å². The van der Waals surface area contributed by atoms with Crippen molar-refractivity contribution in [3.63, 3.8) is 0 Å². The minimum absolute atomic E-state index is 0.396. The van der Waals surface area contributed by atoms with Gasteiger partial charge in [-0.15, -0.1) is 0 Å². The molecule has 0 aliphatic rings. The lowest BCUT2D eigenvalue weighted by Crippen LogP contribution is -2.09. The zero-order valence-corrected chi connectivity index (χ0v) is 11.2. The number of hydrogen-bond donors (Lipinski definition) is 0. The molecule has 0 aliphatic carbocycles. The van der Waals surface area contributed by atoms with E-state index in [1.54, 1.807) is 25.3 Å². The van der Waals surface area contributed by atoms with Crippen LogP contribution in [0.3, 0.4) is 0 Å². The van der Waals surface area contributed by atoms with Crippen molar-refractivity contribution in [2.24, 2.45) is 0 Å². The molecule has 2 aromatic carbocycles. The highest BCUT2D eigenvalue weighted by molar-refractivity contribution is 5.39. The van der Waals surface area contributed by atoms with E-state index in [1.807, 2.05) is 30.3 Å². The van der Waals surface area contributed by atoms with E-state index in [2.05, 4.69) is 6.07 Å². The van der Waals surface area contributed by atoms with Gasteiger partial charge in [0.05, 0.1) is 18.7 Å². The van der Waals surface area contributed by atoms with Gasteiger partial charge < -0.3 is 14.2 Å². The zero-order chi connectivity index (χ0) is 14.2. The van der Waals surface area contributed by atoms with E-state index in [4.69, 9.17) is 19.5 Å². The fourth-order valence-corrected chi connectivity index (χ4v) is 1.70. The Hall–Kier alpha value is -2.67. The van der Waals surface area contributed by atoms with Gasteiger partial charge in [-0.2, -0.15) is 5.26 Å². The maximum atomic E-state index is 8.80. The maximum Gasteiger partial charge on any atom is 0.161 e. The second-order valence-electron chi connectivity index (χ2n) is 3.99. The van der Waals surface area contributed by atoms with Crippen molar-refractivity contribution in [2.75, 3.05) is 20.3 Å². The Morgan fingerprint density at radius 3 is 2.45 bits per heavy atom. The van der Waals surface area contributed by atoms with E-state index in [-0.39, 0.29) is 0 Å². The lowest BCUT2D eigenvalue weighted by molar-refractivity contribution is 0.211. The van der Waals surface area contributed by atoms with Crippen LogP contribution in [-0.4, -0.2) is 20.3 Å². The van der Waals surface area contributed by atoms with Gasteiger partial charge in [0.1, 0.15) is 19.0 Å². The van der Waals surface area contributed by atoms with Crippen LogP contribution in [0.2, 0.25) is 0 Å². The summed E-state index contributed by atoms with van der Waals surface area (Å²) in [5.74, 6) is 2.04. The summed E-state index contributed by atoms with van der Waals surface area (Å²) in [4.78, 5) is 0. The van der Waals surface area contributed by atoms with Crippen LogP contribution in [-0.2, 0) is 0 Å². The Bertz CT molecular complexity index is 605. The van der Waals surface area contributed by atoms with E-state index < -0.39 is 0 Å². The van der Waals surface area contributed by atoms with Gasteiger partial charge in [-0.05, 0) is 30.3 Å². The van der Waals surface area contributed by atoms with Crippen LogP contribution in [0.25, 0.3) is 0 Å². The first-order valence-corrected chi connectivity index (χ1v) is 6.22. The van der Waals surface area contributed by atoms with Gasteiger partial charge >= 0.3 is 0 Å². The Balaban J connectivity index is 1.83. The summed E-state index contributed by atoms with van der Waals surface area (Å²) >= 11 is 0. The first kappa shape index (κ1) is 13.8. The molecule has 0 atom stereocenters. The predicted molar refractivity (Wildman–Crippen MR) is 75.1 cm³/mol. The number of nitrogens with zero attached hydrogens (tertiary/aromatic N) is 1. The number of ether oxygens (including phenoxy) is 3. The molecule has 4 heteroatoms. The number of hydrogen-bond acceptors (Lipinski definition) is 4. The Labute approximate surface area is 118 Å². The molecule has 102 valence electrons. The molecule has 0 radical (unpaired) electrons. The SMILES string of the molecule is COc1ccccc1OCCOc1cccc(C#N)c1. The van der Waals surface area contributed by atoms with Gasteiger partial charge in [-0.25, -0.2) is 0 Å². The Kier molecular flexibility index (Phi) is 4.85. The van der Waals surface area contributed by atoms with Crippen LogP contribution in [0.5, 0.6) is 17.2 Å². The van der Waals surface area contributed by atoms with E-state index in [0.29, 0.717) is 36.0 Å². The van der Waals surface area contributed by atoms with E-state index in [0.717, 1.165) is 0 Å². The Morgan fingerprint density at radius 1 is 0.950 bits per heavy atom. The fourth-order valence-electron chi connectivity index (χ4n) is 1.70. The lowest BCUT2D eigenvalue weighted by atomic mass is 10.2. The molecule has 0 fully saturated rings. The molecular weight excluding hydrogens is 254 g/mol. The lowest BCUT2D eigenvalue weighted by Gasteiger charge is -2.11. The monoisotopic (exact) mass is 269 g/mol. The first-order valence-electron chi connectivity index (χ1n) is 6.22. The highest BCUT2D eigenvalue weighted by Gasteiger charge is 2.02. The molecule has 0 saturated heterocycles. The number of methoxy groups -OCH3 is 1. The van der Waals surface area contributed by atoms with Gasteiger partial charge in [0.15, 0.2) is 11.5 Å². The number of rotatable bonds is 6. The van der Waals surface area contributed by atoms with Crippen LogP contribution >= 0.6 is 0 Å². The third-order valence-corrected chi connectivity index (χ3v) is 2.64. The van der Waals surface area contributed by atoms with Crippen LogP contribution in [0.15, 0.2) is 48.5 Å². The summed E-state index contributed by atoms with van der Waals surface area (Å²) in [7, 11) is 1.60. The molecule has 0 amide bonds. The summed E-state index contributed by atoms with van der Waals surface area (Å²) in [5, 5.41) is 8.80. The molecule has 0 aliphatic heterocycles. The predicted octanol–water partition coefficient (Wildman–Crippen LogP) is 3.02. The number of para-hydroxylation sites is 2. The van der Waals surface area contributed by atoms with Crippen molar-refractivity contribution in [3.05, 3.63) is 54.1 Å². The molecule has 0 spiro atoms. The second kappa shape index (κ2) is 7.05.